The second-order valence-corrected chi connectivity index (χ2v) is 8.83. The lowest BCUT2D eigenvalue weighted by Gasteiger charge is -2.11. The van der Waals surface area contributed by atoms with Gasteiger partial charge in [-0.3, -0.25) is 9.52 Å². The van der Waals surface area contributed by atoms with Crippen LogP contribution in [0, 0.1) is 0 Å². The van der Waals surface area contributed by atoms with Gasteiger partial charge in [0.05, 0.1) is 19.1 Å². The number of hydrogen-bond acceptors (Lipinski definition) is 7. The molecule has 0 aliphatic heterocycles. The molecule has 0 aliphatic rings. The smallest absolute Gasteiger partial charge is 0.321 e. The van der Waals surface area contributed by atoms with Crippen LogP contribution in [0.3, 0.4) is 0 Å². The average Bonchev–Trinajstić information content (AvgIpc) is 2.78. The van der Waals surface area contributed by atoms with Crippen molar-refractivity contribution in [3.05, 3.63) is 65.7 Å². The summed E-state index contributed by atoms with van der Waals surface area (Å²) < 4.78 is 37.7. The molecular weight excluding hydrogens is 432 g/mol. The molecule has 9 nitrogen and oxygen atoms in total. The van der Waals surface area contributed by atoms with Gasteiger partial charge < -0.3 is 14.8 Å². The van der Waals surface area contributed by atoms with Crippen LogP contribution in [0.1, 0.15) is 35.7 Å². The van der Waals surface area contributed by atoms with Crippen LogP contribution in [0.15, 0.2) is 59.5 Å². The fourth-order valence-corrected chi connectivity index (χ4v) is 3.78. The molecule has 10 heteroatoms. The molecule has 0 bridgehead atoms. The van der Waals surface area contributed by atoms with Crippen molar-refractivity contribution in [2.24, 2.45) is 0 Å². The first-order valence-electron chi connectivity index (χ1n) is 9.73. The van der Waals surface area contributed by atoms with Crippen LogP contribution in [0.25, 0.3) is 0 Å². The zero-order valence-corrected chi connectivity index (χ0v) is 18.9. The number of sulfonamides is 1. The Balaban J connectivity index is 1.72. The van der Waals surface area contributed by atoms with E-state index >= 15 is 0 Å². The van der Waals surface area contributed by atoms with Crippen molar-refractivity contribution in [1.82, 2.24) is 9.97 Å². The van der Waals surface area contributed by atoms with Gasteiger partial charge in [-0.25, -0.2) is 8.42 Å². The number of carbonyl (C=O) groups excluding carboxylic acids is 1. The molecule has 0 radical (unpaired) electrons. The molecule has 2 N–H and O–H groups in total. The number of methoxy groups -OCH3 is 2. The van der Waals surface area contributed by atoms with Gasteiger partial charge in [0, 0.05) is 17.3 Å². The van der Waals surface area contributed by atoms with E-state index in [1.54, 1.807) is 12.1 Å². The van der Waals surface area contributed by atoms with Gasteiger partial charge in [0.1, 0.15) is 0 Å². The lowest BCUT2D eigenvalue weighted by molar-refractivity contribution is 0.102. The summed E-state index contributed by atoms with van der Waals surface area (Å²) in [5.74, 6) is 0.235. The first kappa shape index (κ1) is 23.0. The van der Waals surface area contributed by atoms with Crippen molar-refractivity contribution >= 4 is 27.4 Å². The predicted octanol–water partition coefficient (Wildman–Crippen LogP) is 3.67. The molecule has 0 unspecified atom stereocenters. The fraction of sp³-hybridized carbons (Fsp3) is 0.227. The Morgan fingerprint density at radius 3 is 2.16 bits per heavy atom. The molecule has 0 saturated carbocycles. The summed E-state index contributed by atoms with van der Waals surface area (Å²) in [7, 11) is -1.18. The van der Waals surface area contributed by atoms with Crippen LogP contribution >= 0.6 is 0 Å². The topological polar surface area (TPSA) is 120 Å². The molecule has 0 atom stereocenters. The summed E-state index contributed by atoms with van der Waals surface area (Å²) in [5.41, 5.74) is 2.12. The van der Waals surface area contributed by atoms with Crippen molar-refractivity contribution in [3.63, 3.8) is 0 Å². The summed E-state index contributed by atoms with van der Waals surface area (Å²) in [4.78, 5) is 20.3. The van der Waals surface area contributed by atoms with Crippen molar-refractivity contribution in [1.29, 1.82) is 0 Å². The first-order valence-corrected chi connectivity index (χ1v) is 11.2. The highest BCUT2D eigenvalue weighted by Gasteiger charge is 2.17. The van der Waals surface area contributed by atoms with E-state index in [4.69, 9.17) is 9.47 Å². The number of hydrogen-bond donors (Lipinski definition) is 2. The van der Waals surface area contributed by atoms with Crippen LogP contribution in [0.2, 0.25) is 0 Å². The molecule has 3 aromatic rings. The number of ether oxygens (including phenoxy) is 2. The minimum absolute atomic E-state index is 0.00377. The monoisotopic (exact) mass is 456 g/mol. The SMILES string of the molecule is COc1cc(NS(=O)(=O)c2ccc(NC(=O)c3ccc(C(C)C)cc3)cc2)nc(OC)n1. The summed E-state index contributed by atoms with van der Waals surface area (Å²) in [6.07, 6.45) is 0. The summed E-state index contributed by atoms with van der Waals surface area (Å²) in [6.45, 7) is 4.16. The van der Waals surface area contributed by atoms with Gasteiger partial charge in [-0.05, 0) is 47.9 Å². The Kier molecular flexibility index (Phi) is 6.94. The van der Waals surface area contributed by atoms with Crippen molar-refractivity contribution in [3.8, 4) is 11.9 Å². The number of amides is 1. The van der Waals surface area contributed by atoms with Crippen LogP contribution < -0.4 is 19.5 Å². The van der Waals surface area contributed by atoms with E-state index in [9.17, 15) is 13.2 Å². The highest BCUT2D eigenvalue weighted by molar-refractivity contribution is 7.92. The zero-order chi connectivity index (χ0) is 23.3. The van der Waals surface area contributed by atoms with Crippen LogP contribution in [-0.2, 0) is 10.0 Å². The second-order valence-electron chi connectivity index (χ2n) is 7.14. The van der Waals surface area contributed by atoms with Gasteiger partial charge in [-0.15, -0.1) is 0 Å². The van der Waals surface area contributed by atoms with E-state index in [2.05, 4.69) is 33.9 Å². The summed E-state index contributed by atoms with van der Waals surface area (Å²) in [5, 5.41) is 2.76. The largest absolute Gasteiger partial charge is 0.481 e. The Labute approximate surface area is 186 Å². The van der Waals surface area contributed by atoms with Crippen LogP contribution in [0.5, 0.6) is 11.9 Å². The normalized spacial score (nSPS) is 11.2. The average molecular weight is 457 g/mol. The predicted molar refractivity (Wildman–Crippen MR) is 121 cm³/mol. The number of carbonyl (C=O) groups is 1. The minimum Gasteiger partial charge on any atom is -0.481 e. The van der Waals surface area contributed by atoms with E-state index in [0.29, 0.717) is 17.2 Å². The first-order chi connectivity index (χ1) is 15.2. The third-order valence-corrected chi connectivity index (χ3v) is 5.95. The highest BCUT2D eigenvalue weighted by Crippen LogP contribution is 2.22. The Morgan fingerprint density at radius 2 is 1.59 bits per heavy atom. The number of nitrogens with zero attached hydrogens (tertiary/aromatic N) is 2. The van der Waals surface area contributed by atoms with Gasteiger partial charge in [-0.2, -0.15) is 9.97 Å². The van der Waals surface area contributed by atoms with Crippen LogP contribution in [0.4, 0.5) is 11.5 Å². The lowest BCUT2D eigenvalue weighted by Crippen LogP contribution is -2.15. The molecule has 1 heterocycles. The van der Waals surface area contributed by atoms with E-state index in [0.717, 1.165) is 5.56 Å². The third kappa shape index (κ3) is 5.52. The maximum Gasteiger partial charge on any atom is 0.321 e. The van der Waals surface area contributed by atoms with E-state index < -0.39 is 10.0 Å². The third-order valence-electron chi connectivity index (χ3n) is 4.57. The molecule has 168 valence electrons. The molecule has 0 fully saturated rings. The Hall–Kier alpha value is -3.66. The molecule has 2 aromatic carbocycles. The number of aromatic nitrogens is 2. The van der Waals surface area contributed by atoms with E-state index in [-0.39, 0.29) is 28.5 Å². The highest BCUT2D eigenvalue weighted by atomic mass is 32.2. The standard InChI is InChI=1S/C22H24N4O5S/c1-14(2)15-5-7-16(8-6-15)21(27)23-17-9-11-18(12-10-17)32(28,29)26-19-13-20(30-3)25-22(24-19)31-4/h5-14H,1-4H3,(H,23,27)(H,24,25,26). The Bertz CT molecular complexity index is 1170. The van der Waals surface area contributed by atoms with Gasteiger partial charge >= 0.3 is 6.01 Å². The van der Waals surface area contributed by atoms with Crippen LogP contribution in [-0.4, -0.2) is 38.5 Å². The fourth-order valence-electron chi connectivity index (χ4n) is 2.79. The van der Waals surface area contributed by atoms with Gasteiger partial charge in [0.15, 0.2) is 5.82 Å². The maximum absolute atomic E-state index is 12.7. The number of nitrogens with one attached hydrogen (secondary N) is 2. The van der Waals surface area contributed by atoms with Gasteiger partial charge in [-0.1, -0.05) is 26.0 Å². The molecule has 32 heavy (non-hydrogen) atoms. The van der Waals surface area contributed by atoms with Crippen molar-refractivity contribution in [2.45, 2.75) is 24.7 Å². The molecule has 1 aromatic heterocycles. The molecule has 0 saturated heterocycles. The minimum atomic E-state index is -3.94. The molecule has 1 amide bonds. The van der Waals surface area contributed by atoms with Crippen molar-refractivity contribution < 1.29 is 22.7 Å². The summed E-state index contributed by atoms with van der Waals surface area (Å²) in [6, 6.07) is 14.4. The number of benzene rings is 2. The maximum atomic E-state index is 12.7. The Morgan fingerprint density at radius 1 is 0.938 bits per heavy atom. The van der Waals surface area contributed by atoms with Crippen molar-refractivity contribution in [2.75, 3.05) is 24.3 Å². The quantitative estimate of drug-likeness (QED) is 0.531. The van der Waals surface area contributed by atoms with Gasteiger partial charge in [0.2, 0.25) is 5.88 Å². The summed E-state index contributed by atoms with van der Waals surface area (Å²) >= 11 is 0. The second kappa shape index (κ2) is 9.65. The van der Waals surface area contributed by atoms with E-state index in [1.165, 1.54) is 44.6 Å². The molecular formula is C22H24N4O5S. The molecule has 3 rings (SSSR count). The van der Waals surface area contributed by atoms with Gasteiger partial charge in [0.25, 0.3) is 15.9 Å². The number of anilines is 2. The molecule has 0 spiro atoms. The molecule has 0 aliphatic carbocycles. The van der Waals surface area contributed by atoms with E-state index in [1.807, 2.05) is 12.1 Å². The zero-order valence-electron chi connectivity index (χ0n) is 18.1. The number of rotatable bonds is 8. The lowest BCUT2D eigenvalue weighted by atomic mass is 10.0.